The van der Waals surface area contributed by atoms with Crippen LogP contribution < -0.4 is 10.6 Å². The van der Waals surface area contributed by atoms with E-state index in [1.807, 2.05) is 50.0 Å². The van der Waals surface area contributed by atoms with E-state index < -0.39 is 0 Å². The molecule has 9 heteroatoms. The number of carbonyl (C=O) groups excluding carboxylic acids is 2. The number of quaternary nitrogens is 1. The van der Waals surface area contributed by atoms with E-state index in [1.165, 1.54) is 16.7 Å². The minimum atomic E-state index is -0.171. The predicted octanol–water partition coefficient (Wildman–Crippen LogP) is 5.62. The van der Waals surface area contributed by atoms with Crippen LogP contribution in [0.5, 0.6) is 0 Å². The molecule has 0 radical (unpaired) electrons. The lowest BCUT2D eigenvalue weighted by Crippen LogP contribution is -2.56. The van der Waals surface area contributed by atoms with Crippen LogP contribution in [0.4, 0.5) is 11.4 Å². The number of nitrogens with zero attached hydrogens (tertiary/aromatic N) is 5. The van der Waals surface area contributed by atoms with Gasteiger partial charge in [-0.25, -0.2) is 0 Å². The highest BCUT2D eigenvalue weighted by molar-refractivity contribution is 6.04. The number of carbonyl (C=O) groups is 2. The highest BCUT2D eigenvalue weighted by atomic mass is 16.2. The van der Waals surface area contributed by atoms with Gasteiger partial charge in [0.2, 0.25) is 5.91 Å². The molecule has 2 N–H and O–H groups in total. The molecule has 45 heavy (non-hydrogen) atoms. The number of rotatable bonds is 10. The summed E-state index contributed by atoms with van der Waals surface area (Å²) in [6.07, 6.45) is 16.3. The van der Waals surface area contributed by atoms with Crippen LogP contribution >= 0.6 is 0 Å². The number of anilines is 2. The van der Waals surface area contributed by atoms with E-state index in [1.54, 1.807) is 12.3 Å². The Morgan fingerprint density at radius 2 is 1.87 bits per heavy atom. The third kappa shape index (κ3) is 7.49. The van der Waals surface area contributed by atoms with Gasteiger partial charge < -0.3 is 15.1 Å². The van der Waals surface area contributed by atoms with Crippen molar-refractivity contribution >= 4 is 28.8 Å². The first-order valence-electron chi connectivity index (χ1n) is 15.8. The number of hydrogen-bond donors (Lipinski definition) is 2. The maximum Gasteiger partial charge on any atom is 0.251 e. The second-order valence-corrected chi connectivity index (χ2v) is 12.6. The summed E-state index contributed by atoms with van der Waals surface area (Å²) in [5, 5.41) is 10.3. The van der Waals surface area contributed by atoms with Crippen LogP contribution in [0.3, 0.4) is 0 Å². The summed E-state index contributed by atoms with van der Waals surface area (Å²) >= 11 is 0. The van der Waals surface area contributed by atoms with Crippen molar-refractivity contribution in [2.75, 3.05) is 30.8 Å². The molecule has 0 saturated heterocycles. The summed E-state index contributed by atoms with van der Waals surface area (Å²) < 4.78 is 2.69. The number of amides is 2. The Morgan fingerprint density at radius 3 is 2.53 bits per heavy atom. The molecule has 236 valence electrons. The molecule has 2 aliphatic rings. The fourth-order valence-corrected chi connectivity index (χ4v) is 6.40. The molecule has 0 spiro atoms. The number of pyridine rings is 1. The molecule has 3 atom stereocenters. The van der Waals surface area contributed by atoms with E-state index in [0.29, 0.717) is 28.7 Å². The van der Waals surface area contributed by atoms with Gasteiger partial charge in [0.25, 0.3) is 5.91 Å². The van der Waals surface area contributed by atoms with Gasteiger partial charge in [-0.15, -0.1) is 0 Å². The molecule has 2 amide bonds. The SMILES string of the molecule is CCC1C=CC(c2cnn(C)c2)=CC(C)[N+]1(C)CCC=C(C)C(=O)Nc1cc(NC(=O)CN2Cc3ccccc3C2)cnc1C. The van der Waals surface area contributed by atoms with E-state index in [2.05, 4.69) is 83.1 Å². The molecule has 2 aliphatic heterocycles. The minimum Gasteiger partial charge on any atom is -0.324 e. The van der Waals surface area contributed by atoms with Crippen LogP contribution in [-0.4, -0.2) is 68.2 Å². The lowest BCUT2D eigenvalue weighted by molar-refractivity contribution is -0.942. The molecular formula is C36H46N7O2+. The zero-order valence-electron chi connectivity index (χ0n) is 27.4. The van der Waals surface area contributed by atoms with Crippen LogP contribution in [0, 0.1) is 6.92 Å². The van der Waals surface area contributed by atoms with E-state index in [0.717, 1.165) is 42.5 Å². The quantitative estimate of drug-likeness (QED) is 0.230. The molecule has 4 heterocycles. The summed E-state index contributed by atoms with van der Waals surface area (Å²) in [5.41, 5.74) is 7.35. The summed E-state index contributed by atoms with van der Waals surface area (Å²) in [6, 6.07) is 10.7. The molecule has 0 bridgehead atoms. The Hall–Kier alpha value is -4.34. The van der Waals surface area contributed by atoms with Crippen LogP contribution in [0.15, 0.2) is 78.8 Å². The van der Waals surface area contributed by atoms with Gasteiger partial charge >= 0.3 is 0 Å². The molecule has 9 nitrogen and oxygen atoms in total. The number of fused-ring (bicyclic) bond motifs is 1. The van der Waals surface area contributed by atoms with Gasteiger partial charge in [0.1, 0.15) is 12.1 Å². The standard InChI is InChI=1S/C36H45N7O2/c1-7-33-15-14-28(31-19-38-41(5)21-31)17-26(3)43(33,6)16-10-11-25(2)36(45)40-34-18-32(20-37-27(34)4)39-35(44)24-42-22-29-12-8-9-13-30(29)23-42/h8-9,11-15,17-21,26,33H,7,10,16,22-24H2,1-6H3,(H-,39,40,44,45)/p+1. The predicted molar refractivity (Wildman–Crippen MR) is 180 cm³/mol. The maximum atomic E-state index is 13.2. The van der Waals surface area contributed by atoms with Gasteiger partial charge in [-0.2, -0.15) is 5.10 Å². The Balaban J connectivity index is 1.18. The average molecular weight is 609 g/mol. The van der Waals surface area contributed by atoms with Crippen molar-refractivity contribution in [3.05, 3.63) is 101 Å². The number of likely N-dealkylation sites (N-methyl/N-ethyl adjacent to an activating group) is 1. The molecular weight excluding hydrogens is 562 g/mol. The second-order valence-electron chi connectivity index (χ2n) is 12.6. The number of aromatic nitrogens is 3. The Bertz CT molecular complexity index is 1630. The zero-order valence-corrected chi connectivity index (χ0v) is 27.4. The Kier molecular flexibility index (Phi) is 9.80. The number of hydrogen-bond acceptors (Lipinski definition) is 5. The van der Waals surface area contributed by atoms with Gasteiger partial charge in [0, 0.05) is 50.3 Å². The number of nitrogens with one attached hydrogen (secondary N) is 2. The molecule has 1 aromatic carbocycles. The normalized spacial score (nSPS) is 21.6. The Morgan fingerprint density at radius 1 is 1.13 bits per heavy atom. The molecule has 0 saturated carbocycles. The summed E-state index contributed by atoms with van der Waals surface area (Å²) in [5.74, 6) is -0.278. The van der Waals surface area contributed by atoms with E-state index >= 15 is 0 Å². The van der Waals surface area contributed by atoms with Crippen molar-refractivity contribution in [2.45, 2.75) is 65.7 Å². The lowest BCUT2D eigenvalue weighted by atomic mass is 10.1. The summed E-state index contributed by atoms with van der Waals surface area (Å²) in [6.45, 7) is 10.9. The maximum absolute atomic E-state index is 13.2. The zero-order chi connectivity index (χ0) is 32.1. The smallest absolute Gasteiger partial charge is 0.251 e. The van der Waals surface area contributed by atoms with Crippen molar-refractivity contribution in [1.29, 1.82) is 0 Å². The fraction of sp³-hybridized carbons (Fsp3) is 0.389. The minimum absolute atomic E-state index is 0.108. The topological polar surface area (TPSA) is 92.2 Å². The fourth-order valence-electron chi connectivity index (χ4n) is 6.40. The van der Waals surface area contributed by atoms with Gasteiger partial charge in [-0.1, -0.05) is 43.3 Å². The van der Waals surface area contributed by atoms with Gasteiger partial charge in [-0.05, 0) is 55.7 Å². The number of allylic oxidation sites excluding steroid dienone is 2. The lowest BCUT2D eigenvalue weighted by Gasteiger charge is -2.43. The monoisotopic (exact) mass is 608 g/mol. The molecule has 3 aromatic rings. The van der Waals surface area contributed by atoms with Crippen molar-refractivity contribution < 1.29 is 14.1 Å². The third-order valence-electron chi connectivity index (χ3n) is 9.38. The van der Waals surface area contributed by atoms with E-state index in [9.17, 15) is 9.59 Å². The highest BCUT2D eigenvalue weighted by Gasteiger charge is 2.35. The van der Waals surface area contributed by atoms with E-state index in [4.69, 9.17) is 0 Å². The molecule has 0 fully saturated rings. The number of benzene rings is 1. The molecule has 5 rings (SSSR count). The first-order chi connectivity index (χ1) is 21.5. The highest BCUT2D eigenvalue weighted by Crippen LogP contribution is 2.30. The Labute approximate surface area is 266 Å². The van der Waals surface area contributed by atoms with Crippen LogP contribution in [-0.2, 0) is 29.7 Å². The van der Waals surface area contributed by atoms with Gasteiger partial charge in [0.05, 0.1) is 49.6 Å². The van der Waals surface area contributed by atoms with Crippen molar-refractivity contribution in [3.8, 4) is 0 Å². The molecule has 3 unspecified atom stereocenters. The first-order valence-corrected chi connectivity index (χ1v) is 15.8. The van der Waals surface area contributed by atoms with Gasteiger partial charge in [0.15, 0.2) is 0 Å². The van der Waals surface area contributed by atoms with Crippen LogP contribution in [0.2, 0.25) is 0 Å². The van der Waals surface area contributed by atoms with Crippen molar-refractivity contribution in [3.63, 3.8) is 0 Å². The molecule has 0 aliphatic carbocycles. The summed E-state index contributed by atoms with van der Waals surface area (Å²) in [7, 11) is 4.25. The summed E-state index contributed by atoms with van der Waals surface area (Å²) in [4.78, 5) is 32.6. The largest absolute Gasteiger partial charge is 0.324 e. The molecule has 2 aromatic heterocycles. The van der Waals surface area contributed by atoms with Gasteiger partial charge in [-0.3, -0.25) is 24.2 Å². The van der Waals surface area contributed by atoms with Crippen LogP contribution in [0.25, 0.3) is 5.57 Å². The average Bonchev–Trinajstić information content (AvgIpc) is 3.60. The third-order valence-corrected chi connectivity index (χ3v) is 9.38. The van der Waals surface area contributed by atoms with E-state index in [-0.39, 0.29) is 24.4 Å². The first kappa shape index (κ1) is 32.1. The van der Waals surface area contributed by atoms with Crippen LogP contribution in [0.1, 0.15) is 56.0 Å². The van der Waals surface area contributed by atoms with Crippen molar-refractivity contribution in [2.24, 2.45) is 7.05 Å². The second kappa shape index (κ2) is 13.7. The van der Waals surface area contributed by atoms with Crippen molar-refractivity contribution in [1.82, 2.24) is 19.7 Å². The number of aryl methyl sites for hydroxylation is 2.